The molecule has 0 unspecified atom stereocenters. The lowest BCUT2D eigenvalue weighted by atomic mass is 10.0. The molecule has 6 heteroatoms. The molecule has 0 fully saturated rings. The van der Waals surface area contributed by atoms with Crippen LogP contribution in [0.1, 0.15) is 55.4 Å². The van der Waals surface area contributed by atoms with Crippen molar-refractivity contribution in [1.29, 1.82) is 10.8 Å². The summed E-state index contributed by atoms with van der Waals surface area (Å²) >= 11 is 0. The lowest BCUT2D eigenvalue weighted by molar-refractivity contribution is 0.399. The summed E-state index contributed by atoms with van der Waals surface area (Å²) in [5.41, 5.74) is -1.38. The van der Waals surface area contributed by atoms with Crippen LogP contribution >= 0.6 is 0 Å². The van der Waals surface area contributed by atoms with E-state index >= 15 is 0 Å². The number of hydrogen-bond acceptors (Lipinski definition) is 4. The molecule has 0 amide bonds. The van der Waals surface area contributed by atoms with Gasteiger partial charge in [0.25, 0.3) is 0 Å². The normalized spacial score (nSPS) is 12.5. The van der Waals surface area contributed by atoms with Crippen molar-refractivity contribution < 1.29 is 0 Å². The zero-order valence-corrected chi connectivity index (χ0v) is 15.6. The number of nitrogens with one attached hydrogen (secondary N) is 2. The molecule has 2 N–H and O–H groups in total. The van der Waals surface area contributed by atoms with Crippen LogP contribution in [0.4, 0.5) is 0 Å². The van der Waals surface area contributed by atoms with E-state index in [1.165, 1.54) is 0 Å². The molecular weight excluding hydrogens is 276 g/mol. The zero-order valence-electron chi connectivity index (χ0n) is 15.6. The highest BCUT2D eigenvalue weighted by Crippen LogP contribution is 2.20. The van der Waals surface area contributed by atoms with E-state index in [0.717, 1.165) is 26.2 Å². The number of azo groups is 1. The summed E-state index contributed by atoms with van der Waals surface area (Å²) < 4.78 is 0. The summed E-state index contributed by atoms with van der Waals surface area (Å²) in [5.74, 6) is 0.929. The number of amidine groups is 2. The monoisotopic (exact) mass is 310 g/mol. The second kappa shape index (κ2) is 8.25. The maximum Gasteiger partial charge on any atom is 0.132 e. The van der Waals surface area contributed by atoms with E-state index < -0.39 is 11.1 Å². The van der Waals surface area contributed by atoms with Gasteiger partial charge in [-0.05, 0) is 55.4 Å². The summed E-state index contributed by atoms with van der Waals surface area (Å²) in [5, 5.41) is 25.5. The second-order valence-electron chi connectivity index (χ2n) is 6.36. The predicted molar refractivity (Wildman–Crippen MR) is 94.3 cm³/mol. The predicted octanol–water partition coefficient (Wildman–Crippen LogP) is 3.63. The maximum absolute atomic E-state index is 8.33. The Morgan fingerprint density at radius 3 is 1.09 bits per heavy atom. The van der Waals surface area contributed by atoms with Gasteiger partial charge < -0.3 is 9.80 Å². The fourth-order valence-electron chi connectivity index (χ4n) is 2.20. The Hall–Kier alpha value is -1.46. The molecule has 22 heavy (non-hydrogen) atoms. The van der Waals surface area contributed by atoms with Crippen LogP contribution in [0.25, 0.3) is 0 Å². The van der Waals surface area contributed by atoms with E-state index in [9.17, 15) is 0 Å². The topological polar surface area (TPSA) is 78.9 Å². The molecule has 0 bridgehead atoms. The van der Waals surface area contributed by atoms with Gasteiger partial charge in [-0.1, -0.05) is 0 Å². The van der Waals surface area contributed by atoms with Gasteiger partial charge in [-0.2, -0.15) is 10.2 Å². The van der Waals surface area contributed by atoms with Gasteiger partial charge in [-0.15, -0.1) is 0 Å². The number of nitrogens with zero attached hydrogens (tertiary/aromatic N) is 4. The molecule has 0 aromatic rings. The molecule has 0 saturated heterocycles. The van der Waals surface area contributed by atoms with E-state index in [1.54, 1.807) is 0 Å². The average molecular weight is 310 g/mol. The van der Waals surface area contributed by atoms with Gasteiger partial charge in [0.15, 0.2) is 0 Å². The highest BCUT2D eigenvalue weighted by Gasteiger charge is 2.31. The van der Waals surface area contributed by atoms with Crippen LogP contribution in [-0.2, 0) is 0 Å². The Morgan fingerprint density at radius 2 is 0.909 bits per heavy atom. The van der Waals surface area contributed by atoms with E-state index in [2.05, 4.69) is 10.2 Å². The first-order valence-electron chi connectivity index (χ1n) is 8.19. The Bertz CT molecular complexity index is 365. The molecule has 0 aliphatic carbocycles. The molecule has 0 aliphatic heterocycles. The number of likely N-dealkylation sites (N-methyl/N-ethyl adjacent to an activating group) is 2. The van der Waals surface area contributed by atoms with Crippen molar-refractivity contribution in [1.82, 2.24) is 9.80 Å². The highest BCUT2D eigenvalue weighted by molar-refractivity contribution is 5.89. The van der Waals surface area contributed by atoms with Crippen LogP contribution in [0.5, 0.6) is 0 Å². The summed E-state index contributed by atoms with van der Waals surface area (Å²) in [6.07, 6.45) is 0. The van der Waals surface area contributed by atoms with Gasteiger partial charge >= 0.3 is 0 Å². The molecule has 0 rings (SSSR count). The lowest BCUT2D eigenvalue weighted by Gasteiger charge is -2.33. The van der Waals surface area contributed by atoms with Gasteiger partial charge in [0.05, 0.1) is 0 Å². The van der Waals surface area contributed by atoms with Crippen molar-refractivity contribution >= 4 is 11.7 Å². The fraction of sp³-hybridized carbons (Fsp3) is 0.875. The third-order valence-electron chi connectivity index (χ3n) is 3.87. The summed E-state index contributed by atoms with van der Waals surface area (Å²) in [6.45, 7) is 18.9. The Labute approximate surface area is 136 Å². The van der Waals surface area contributed by atoms with Crippen LogP contribution in [0.2, 0.25) is 0 Å². The average Bonchev–Trinajstić information content (AvgIpc) is 2.47. The first-order valence-corrected chi connectivity index (χ1v) is 8.19. The standard InChI is InChI=1S/C16H34N6/c1-9-21(10-2)13(17)15(5,6)19-20-16(7,8)14(18)22(11-3)12-4/h17-18H,9-12H2,1-8H3. The minimum absolute atomic E-state index is 0.464. The van der Waals surface area contributed by atoms with E-state index in [1.807, 2.05) is 65.2 Å². The SMILES string of the molecule is CCN(CC)C(=N)C(C)(C)N=NC(C)(C)C(=N)N(CC)CC. The third kappa shape index (κ3) is 5.07. The molecule has 0 aromatic carbocycles. The minimum Gasteiger partial charge on any atom is -0.359 e. The van der Waals surface area contributed by atoms with Crippen molar-refractivity contribution in [3.8, 4) is 0 Å². The van der Waals surface area contributed by atoms with Crippen molar-refractivity contribution in [3.05, 3.63) is 0 Å². The quantitative estimate of drug-likeness (QED) is 0.408. The molecular formula is C16H34N6. The first-order chi connectivity index (χ1) is 10.1. The largest absolute Gasteiger partial charge is 0.359 e. The Morgan fingerprint density at radius 1 is 0.682 bits per heavy atom. The number of hydrogen-bond donors (Lipinski definition) is 2. The van der Waals surface area contributed by atoms with Gasteiger partial charge in [-0.25, -0.2) is 0 Å². The van der Waals surface area contributed by atoms with Gasteiger partial charge in [0.2, 0.25) is 0 Å². The number of rotatable bonds is 8. The fourth-order valence-corrected chi connectivity index (χ4v) is 2.20. The molecule has 0 aliphatic rings. The van der Waals surface area contributed by atoms with E-state index in [4.69, 9.17) is 10.8 Å². The lowest BCUT2D eigenvalue weighted by Crippen LogP contribution is -2.45. The van der Waals surface area contributed by atoms with Gasteiger partial charge in [-0.3, -0.25) is 10.8 Å². The van der Waals surface area contributed by atoms with Crippen LogP contribution in [0, 0.1) is 10.8 Å². The molecule has 6 nitrogen and oxygen atoms in total. The smallest absolute Gasteiger partial charge is 0.132 e. The van der Waals surface area contributed by atoms with E-state index in [-0.39, 0.29) is 0 Å². The third-order valence-corrected chi connectivity index (χ3v) is 3.87. The van der Waals surface area contributed by atoms with E-state index in [0.29, 0.717) is 11.7 Å². The Kier molecular flexibility index (Phi) is 7.70. The maximum atomic E-state index is 8.33. The van der Waals surface area contributed by atoms with Crippen LogP contribution < -0.4 is 0 Å². The van der Waals surface area contributed by atoms with Crippen LogP contribution in [-0.4, -0.2) is 58.7 Å². The van der Waals surface area contributed by atoms with Crippen molar-refractivity contribution in [3.63, 3.8) is 0 Å². The first kappa shape index (κ1) is 20.5. The zero-order chi connectivity index (χ0) is 17.6. The van der Waals surface area contributed by atoms with Crippen LogP contribution in [0.3, 0.4) is 0 Å². The summed E-state index contributed by atoms with van der Waals surface area (Å²) in [6, 6.07) is 0. The van der Waals surface area contributed by atoms with Crippen molar-refractivity contribution in [2.75, 3.05) is 26.2 Å². The minimum atomic E-state index is -0.688. The van der Waals surface area contributed by atoms with Crippen molar-refractivity contribution in [2.45, 2.75) is 66.5 Å². The molecule has 0 heterocycles. The van der Waals surface area contributed by atoms with Crippen molar-refractivity contribution in [2.24, 2.45) is 10.2 Å². The molecule has 0 atom stereocenters. The Balaban J connectivity index is 5.21. The highest BCUT2D eigenvalue weighted by atomic mass is 15.3. The molecule has 0 radical (unpaired) electrons. The van der Waals surface area contributed by atoms with Crippen LogP contribution in [0.15, 0.2) is 10.2 Å². The molecule has 0 spiro atoms. The molecule has 0 aromatic heterocycles. The van der Waals surface area contributed by atoms with Gasteiger partial charge in [0, 0.05) is 26.2 Å². The van der Waals surface area contributed by atoms with Gasteiger partial charge in [0.1, 0.15) is 22.7 Å². The summed E-state index contributed by atoms with van der Waals surface area (Å²) in [4.78, 5) is 3.95. The second-order valence-corrected chi connectivity index (χ2v) is 6.36. The molecule has 128 valence electrons. The molecule has 0 saturated carbocycles. The summed E-state index contributed by atoms with van der Waals surface area (Å²) in [7, 11) is 0.